The molecule has 0 aliphatic carbocycles. The maximum atomic E-state index is 12.6. The summed E-state index contributed by atoms with van der Waals surface area (Å²) in [6.45, 7) is 0. The van der Waals surface area contributed by atoms with Gasteiger partial charge in [0, 0.05) is 10.6 Å². The number of hydrogen-bond acceptors (Lipinski definition) is 9. The summed E-state index contributed by atoms with van der Waals surface area (Å²) in [6.07, 6.45) is 0. The molecule has 172 valence electrons. The van der Waals surface area contributed by atoms with Gasteiger partial charge in [0.05, 0.1) is 0 Å². The Hall–Kier alpha value is -1.49. The van der Waals surface area contributed by atoms with Crippen LogP contribution < -0.4 is 10.6 Å². The first-order chi connectivity index (χ1) is 14.0. The zero-order valence-corrected chi connectivity index (χ0v) is 19.2. The molecule has 0 saturated heterocycles. The van der Waals surface area contributed by atoms with E-state index in [1.807, 2.05) is 0 Å². The van der Waals surface area contributed by atoms with Gasteiger partial charge in [-0.25, -0.2) is 3.97 Å². The van der Waals surface area contributed by atoms with Crippen LogP contribution in [0.1, 0.15) is 0 Å². The average molecular weight is 535 g/mol. The van der Waals surface area contributed by atoms with Crippen LogP contribution in [0.3, 0.4) is 0 Å². The Morgan fingerprint density at radius 2 is 0.968 bits per heavy atom. The van der Waals surface area contributed by atoms with Gasteiger partial charge in [0.1, 0.15) is 13.9 Å². The molecular formula is C14H15O12PS4. The third-order valence-corrected chi connectivity index (χ3v) is 14.7. The van der Waals surface area contributed by atoms with E-state index in [1.165, 1.54) is 48.5 Å². The maximum Gasteiger partial charge on any atom is 0.361 e. The number of hydrogen-bond donors (Lipinski definition) is 3. The van der Waals surface area contributed by atoms with Crippen molar-refractivity contribution in [3.8, 4) is 0 Å². The zero-order chi connectivity index (χ0) is 23.7. The molecule has 31 heavy (non-hydrogen) atoms. The molecule has 2 aromatic rings. The van der Waals surface area contributed by atoms with E-state index in [1.54, 1.807) is 12.1 Å². The fourth-order valence-corrected chi connectivity index (χ4v) is 12.0. The molecule has 3 N–H and O–H groups in total. The highest BCUT2D eigenvalue weighted by Gasteiger charge is 2.68. The molecule has 17 heteroatoms. The minimum atomic E-state index is -6.47. The highest BCUT2D eigenvalue weighted by atomic mass is 32.3. The number of benzene rings is 2. The molecular weight excluding hydrogens is 519 g/mol. The first-order valence-corrected chi connectivity index (χ1v) is 14.9. The van der Waals surface area contributed by atoms with Crippen LogP contribution in [0.25, 0.3) is 0 Å². The highest BCUT2D eigenvalue weighted by molar-refractivity contribution is 8.22. The molecule has 0 heterocycles. The van der Waals surface area contributed by atoms with Crippen molar-refractivity contribution in [2.45, 2.75) is 3.41 Å². The highest BCUT2D eigenvalue weighted by Crippen LogP contribution is 2.40. The molecule has 0 fully saturated rings. The van der Waals surface area contributed by atoms with Crippen molar-refractivity contribution in [3.05, 3.63) is 60.7 Å². The minimum Gasteiger partial charge on any atom is -0.283 e. The largest absolute Gasteiger partial charge is 0.361 e. The van der Waals surface area contributed by atoms with Crippen LogP contribution >= 0.6 is 8.15 Å². The number of rotatable bonds is 9. The van der Waals surface area contributed by atoms with Crippen molar-refractivity contribution < 1.29 is 51.3 Å². The van der Waals surface area contributed by atoms with Gasteiger partial charge in [-0.3, -0.25) is 13.7 Å². The third kappa shape index (κ3) is 5.47. The van der Waals surface area contributed by atoms with Crippen LogP contribution in [-0.4, -0.2) is 56.5 Å². The second-order valence-corrected chi connectivity index (χ2v) is 15.2. The third-order valence-electron chi connectivity index (χ3n) is 3.70. The molecule has 0 radical (unpaired) electrons. The van der Waals surface area contributed by atoms with Gasteiger partial charge in [0.2, 0.25) is 0 Å². The second-order valence-electron chi connectivity index (χ2n) is 5.85. The Labute approximate surface area is 180 Å². The van der Waals surface area contributed by atoms with Crippen molar-refractivity contribution in [2.24, 2.45) is 0 Å². The van der Waals surface area contributed by atoms with Crippen molar-refractivity contribution in [3.63, 3.8) is 0 Å². The summed E-state index contributed by atoms with van der Waals surface area (Å²) in [5.74, 6) is -2.55. The van der Waals surface area contributed by atoms with E-state index in [9.17, 15) is 47.3 Å². The predicted octanol–water partition coefficient (Wildman–Crippen LogP) is -0.302. The SMILES string of the molecule is O=S(=O)(CC(S(=O)(=O)O)(S(=O)(=O)O)S(=O)(=O)O)OP(c1ccccc1)c1ccccc1. The summed E-state index contributed by atoms with van der Waals surface area (Å²) >= 11 is 0. The fourth-order valence-electron chi connectivity index (χ4n) is 2.34. The lowest BCUT2D eigenvalue weighted by atomic mass is 10.4. The van der Waals surface area contributed by atoms with E-state index in [2.05, 4.69) is 0 Å². The molecule has 0 saturated carbocycles. The molecule has 0 bridgehead atoms. The molecule has 0 spiro atoms. The molecule has 0 amide bonds. The molecule has 12 nitrogen and oxygen atoms in total. The smallest absolute Gasteiger partial charge is 0.283 e. The van der Waals surface area contributed by atoms with E-state index >= 15 is 0 Å². The van der Waals surface area contributed by atoms with E-state index in [4.69, 9.17) is 3.97 Å². The summed E-state index contributed by atoms with van der Waals surface area (Å²) in [5.41, 5.74) is 0. The van der Waals surface area contributed by atoms with Crippen molar-refractivity contribution in [1.82, 2.24) is 0 Å². The predicted molar refractivity (Wildman–Crippen MR) is 111 cm³/mol. The second kappa shape index (κ2) is 8.80. The van der Waals surface area contributed by atoms with Crippen LogP contribution in [0.15, 0.2) is 60.7 Å². The van der Waals surface area contributed by atoms with Gasteiger partial charge in [-0.2, -0.15) is 33.7 Å². The first kappa shape index (κ1) is 25.8. The zero-order valence-electron chi connectivity index (χ0n) is 15.1. The molecule has 0 unspecified atom stereocenters. The van der Waals surface area contributed by atoms with Crippen molar-refractivity contribution in [1.29, 1.82) is 0 Å². The van der Waals surface area contributed by atoms with Crippen LogP contribution in [0.4, 0.5) is 0 Å². The lowest BCUT2D eigenvalue weighted by molar-refractivity contribution is 0.423. The summed E-state index contributed by atoms with van der Waals surface area (Å²) in [6, 6.07) is 15.0. The van der Waals surface area contributed by atoms with Gasteiger partial charge in [0.25, 0.3) is 10.1 Å². The van der Waals surface area contributed by atoms with E-state index < -0.39 is 57.8 Å². The van der Waals surface area contributed by atoms with Crippen molar-refractivity contribution >= 4 is 59.2 Å². The minimum absolute atomic E-state index is 0.253. The summed E-state index contributed by atoms with van der Waals surface area (Å²) < 4.78 is 123. The summed E-state index contributed by atoms with van der Waals surface area (Å²) in [4.78, 5) is 0. The quantitative estimate of drug-likeness (QED) is 0.280. The standard InChI is InChI=1S/C14H15O12PS4/c15-28(16,11-14(29(17,18)19,30(20,21)22)31(23,24)25)26-27(12-7-3-1-4-8-12)13-9-5-2-6-10-13/h1-10H,11H2,(H,17,18,19)(H,20,21,22)(H,23,24,25). The monoisotopic (exact) mass is 534 g/mol. The topological polar surface area (TPSA) is 206 Å². The first-order valence-electron chi connectivity index (χ1n) is 7.75. The van der Waals surface area contributed by atoms with Crippen LogP contribution in [0, 0.1) is 0 Å². The lowest BCUT2D eigenvalue weighted by Gasteiger charge is -2.25. The molecule has 2 aromatic carbocycles. The Morgan fingerprint density at radius 3 is 1.26 bits per heavy atom. The van der Waals surface area contributed by atoms with Gasteiger partial charge in [-0.05, 0) is 0 Å². The Kier molecular flexibility index (Phi) is 7.32. The normalized spacial score (nSPS) is 13.9. The molecule has 0 aliphatic rings. The molecule has 2 rings (SSSR count). The van der Waals surface area contributed by atoms with Gasteiger partial charge < -0.3 is 0 Å². The van der Waals surface area contributed by atoms with Gasteiger partial charge in [0.15, 0.2) is 0 Å². The fraction of sp³-hybridized carbons (Fsp3) is 0.143. The van der Waals surface area contributed by atoms with E-state index in [0.29, 0.717) is 0 Å². The maximum absolute atomic E-state index is 12.6. The summed E-state index contributed by atoms with van der Waals surface area (Å²) in [5, 5.41) is 0.506. The van der Waals surface area contributed by atoms with Gasteiger partial charge in [-0.15, -0.1) is 0 Å². The Balaban J connectivity index is 2.66. The Bertz CT molecular complexity index is 1230. The van der Waals surface area contributed by atoms with E-state index in [0.717, 1.165) is 0 Å². The van der Waals surface area contributed by atoms with Gasteiger partial charge >= 0.3 is 33.8 Å². The molecule has 0 aromatic heterocycles. The average Bonchev–Trinajstić information content (AvgIpc) is 2.63. The van der Waals surface area contributed by atoms with Crippen LogP contribution in [0.5, 0.6) is 0 Å². The van der Waals surface area contributed by atoms with Crippen LogP contribution in [-0.2, 0) is 44.4 Å². The van der Waals surface area contributed by atoms with Gasteiger partial charge in [-0.1, -0.05) is 60.7 Å². The van der Waals surface area contributed by atoms with Crippen molar-refractivity contribution in [2.75, 3.05) is 5.75 Å². The van der Waals surface area contributed by atoms with Crippen LogP contribution in [0.2, 0.25) is 0 Å². The molecule has 0 atom stereocenters. The molecule has 0 aliphatic heterocycles. The van der Waals surface area contributed by atoms with E-state index in [-0.39, 0.29) is 10.6 Å². The summed E-state index contributed by atoms with van der Waals surface area (Å²) in [7, 11) is -27.2. The Morgan fingerprint density at radius 1 is 0.645 bits per heavy atom. The lowest BCUT2D eigenvalue weighted by Crippen LogP contribution is -2.56.